The number of carbonyl (C=O) groups excluding carboxylic acids is 1. The Morgan fingerprint density at radius 3 is 2.33 bits per heavy atom. The fourth-order valence-electron chi connectivity index (χ4n) is 12.0. The van der Waals surface area contributed by atoms with E-state index < -0.39 is 39.5 Å². The standard InChI is InChI=1S/C37H53NO7/c1-21-14-17-37(32(42)45-20-23-10-8-9-11-25(23)38(43)44)19-18-34(5)24(28(37)22(21)2)12-13-27-35(34,6)16-15-26-33(3,4)30(40)29(39)31(41)36(26,27)7/h8-12,21-22,26-31,39-41H,13-20H2,1-7H3/t21-,22+,26+,27+,28+,29-,30+,31+,34-,35-,36+,37+/m1/s1. The Bertz CT molecular complexity index is 1410. The predicted octanol–water partition coefficient (Wildman–Crippen LogP) is 6.60. The number of hydrogen-bond acceptors (Lipinski definition) is 7. The number of aliphatic hydroxyl groups is 3. The molecule has 12 atom stereocenters. The van der Waals surface area contributed by atoms with E-state index in [0.717, 1.165) is 38.5 Å². The van der Waals surface area contributed by atoms with E-state index in [0.29, 0.717) is 17.9 Å². The number of carbonyl (C=O) groups is 1. The second kappa shape index (κ2) is 10.6. The molecule has 0 spiro atoms. The number of ether oxygens (including phenoxy) is 1. The summed E-state index contributed by atoms with van der Waals surface area (Å²) in [5, 5.41) is 45.5. The van der Waals surface area contributed by atoms with Crippen LogP contribution in [0.2, 0.25) is 0 Å². The fraction of sp³-hybridized carbons (Fsp3) is 0.757. The Kier molecular flexibility index (Phi) is 7.70. The first-order chi connectivity index (χ1) is 21.0. The molecule has 1 aromatic carbocycles. The molecule has 5 aliphatic rings. The average Bonchev–Trinajstić information content (AvgIpc) is 3.00. The molecule has 0 aliphatic heterocycles. The first kappa shape index (κ1) is 32.6. The van der Waals surface area contributed by atoms with Crippen LogP contribution in [0.15, 0.2) is 35.9 Å². The van der Waals surface area contributed by atoms with E-state index in [1.54, 1.807) is 18.2 Å². The van der Waals surface area contributed by atoms with E-state index in [1.165, 1.54) is 11.6 Å². The third kappa shape index (κ3) is 4.23. The van der Waals surface area contributed by atoms with Crippen LogP contribution >= 0.6 is 0 Å². The monoisotopic (exact) mass is 623 g/mol. The smallest absolute Gasteiger partial charge is 0.313 e. The van der Waals surface area contributed by atoms with Gasteiger partial charge in [0.25, 0.3) is 5.69 Å². The number of aliphatic hydroxyl groups excluding tert-OH is 3. The lowest BCUT2D eigenvalue weighted by Crippen LogP contribution is -2.72. The van der Waals surface area contributed by atoms with Crippen molar-refractivity contribution in [3.63, 3.8) is 0 Å². The molecular formula is C37H53NO7. The van der Waals surface area contributed by atoms with Crippen LogP contribution < -0.4 is 0 Å². The van der Waals surface area contributed by atoms with Crippen LogP contribution in [0.4, 0.5) is 5.69 Å². The number of nitrogens with zero attached hydrogens (tertiary/aromatic N) is 1. The summed E-state index contributed by atoms with van der Waals surface area (Å²) in [5.41, 5.74) is -0.477. The van der Waals surface area contributed by atoms with Crippen molar-refractivity contribution in [2.24, 2.45) is 56.7 Å². The molecule has 45 heavy (non-hydrogen) atoms. The zero-order valence-electron chi connectivity index (χ0n) is 28.1. The molecule has 8 heteroatoms. The molecule has 8 nitrogen and oxygen atoms in total. The van der Waals surface area contributed by atoms with Crippen LogP contribution in [0.25, 0.3) is 0 Å². The molecule has 1 aromatic rings. The van der Waals surface area contributed by atoms with Gasteiger partial charge in [-0.25, -0.2) is 0 Å². The quantitative estimate of drug-likeness (QED) is 0.149. The maximum Gasteiger partial charge on any atom is 0.313 e. The highest BCUT2D eigenvalue weighted by Crippen LogP contribution is 2.75. The van der Waals surface area contributed by atoms with E-state index in [2.05, 4.69) is 40.7 Å². The van der Waals surface area contributed by atoms with Crippen molar-refractivity contribution in [1.82, 2.24) is 0 Å². The summed E-state index contributed by atoms with van der Waals surface area (Å²) in [4.78, 5) is 25.5. The highest BCUT2D eigenvalue weighted by Gasteiger charge is 2.72. The molecule has 4 saturated carbocycles. The summed E-state index contributed by atoms with van der Waals surface area (Å²) in [5.74, 6) is 0.613. The van der Waals surface area contributed by atoms with Gasteiger partial charge in [-0.05, 0) is 96.8 Å². The Morgan fingerprint density at radius 2 is 1.64 bits per heavy atom. The van der Waals surface area contributed by atoms with Gasteiger partial charge < -0.3 is 20.1 Å². The van der Waals surface area contributed by atoms with Crippen molar-refractivity contribution in [3.8, 4) is 0 Å². The normalized spacial score (nSPS) is 46.8. The van der Waals surface area contributed by atoms with E-state index in [9.17, 15) is 30.2 Å². The Labute approximate surface area is 267 Å². The summed E-state index contributed by atoms with van der Waals surface area (Å²) in [7, 11) is 0. The molecular weight excluding hydrogens is 570 g/mol. The lowest BCUT2D eigenvalue weighted by atomic mass is 9.33. The predicted molar refractivity (Wildman–Crippen MR) is 171 cm³/mol. The van der Waals surface area contributed by atoms with Gasteiger partial charge in [0.15, 0.2) is 0 Å². The molecule has 0 saturated heterocycles. The van der Waals surface area contributed by atoms with Crippen molar-refractivity contribution in [1.29, 1.82) is 0 Å². The van der Waals surface area contributed by atoms with Crippen molar-refractivity contribution < 1.29 is 29.8 Å². The van der Waals surface area contributed by atoms with Gasteiger partial charge >= 0.3 is 5.97 Å². The van der Waals surface area contributed by atoms with Gasteiger partial charge in [0.1, 0.15) is 12.7 Å². The number of para-hydroxylation sites is 1. The van der Waals surface area contributed by atoms with E-state index in [4.69, 9.17) is 4.74 Å². The first-order valence-corrected chi connectivity index (χ1v) is 17.1. The molecule has 0 amide bonds. The summed E-state index contributed by atoms with van der Waals surface area (Å²) in [6.07, 6.45) is 4.93. The van der Waals surface area contributed by atoms with Crippen molar-refractivity contribution >= 4 is 11.7 Å². The van der Waals surface area contributed by atoms with Gasteiger partial charge in [-0.1, -0.05) is 72.2 Å². The van der Waals surface area contributed by atoms with Crippen LogP contribution in [-0.4, -0.2) is 44.5 Å². The van der Waals surface area contributed by atoms with Gasteiger partial charge in [0, 0.05) is 11.5 Å². The maximum atomic E-state index is 14.3. The first-order valence-electron chi connectivity index (χ1n) is 17.1. The van der Waals surface area contributed by atoms with Gasteiger partial charge in [-0.3, -0.25) is 14.9 Å². The maximum absolute atomic E-state index is 14.3. The topological polar surface area (TPSA) is 130 Å². The van der Waals surface area contributed by atoms with Crippen LogP contribution in [-0.2, 0) is 16.1 Å². The minimum Gasteiger partial charge on any atom is -0.460 e. The second-order valence-electron chi connectivity index (χ2n) is 16.8. The van der Waals surface area contributed by atoms with Gasteiger partial charge in [0.2, 0.25) is 0 Å². The average molecular weight is 624 g/mol. The van der Waals surface area contributed by atoms with Gasteiger partial charge in [-0.2, -0.15) is 0 Å². The number of rotatable bonds is 4. The van der Waals surface area contributed by atoms with E-state index in [1.807, 2.05) is 13.8 Å². The van der Waals surface area contributed by atoms with Gasteiger partial charge in [0.05, 0.1) is 28.1 Å². The van der Waals surface area contributed by atoms with Crippen molar-refractivity contribution in [2.45, 2.75) is 118 Å². The van der Waals surface area contributed by atoms with Gasteiger partial charge in [-0.15, -0.1) is 0 Å². The number of allylic oxidation sites excluding steroid dienone is 2. The fourth-order valence-corrected chi connectivity index (χ4v) is 12.0. The summed E-state index contributed by atoms with van der Waals surface area (Å²) >= 11 is 0. The van der Waals surface area contributed by atoms with Crippen LogP contribution in [0.5, 0.6) is 0 Å². The minimum absolute atomic E-state index is 0.00157. The molecule has 0 aromatic heterocycles. The third-order valence-electron chi connectivity index (χ3n) is 15.1. The Morgan fingerprint density at radius 1 is 0.956 bits per heavy atom. The number of nitro benzene ring substituents is 1. The lowest BCUT2D eigenvalue weighted by Gasteiger charge is -2.72. The molecule has 248 valence electrons. The SMILES string of the molecule is C[C@H]1[C@H](C)CC[C@]2(C(=O)OCc3ccccc3[N+](=O)[O-])CC[C@]3(C)C(=CC[C@@H]4[C@@]5(C)[C@@H](O)[C@H](O)[C@H](O)C(C)(C)[C@@H]5CC[C@]43C)[C@H]12. The van der Waals surface area contributed by atoms with Crippen LogP contribution in [0.1, 0.15) is 99.0 Å². The molecule has 0 heterocycles. The molecule has 6 rings (SSSR count). The number of benzene rings is 1. The summed E-state index contributed by atoms with van der Waals surface area (Å²) in [6.45, 7) is 15.5. The molecule has 0 radical (unpaired) electrons. The summed E-state index contributed by atoms with van der Waals surface area (Å²) < 4.78 is 6.04. The minimum atomic E-state index is -1.20. The molecule has 4 fully saturated rings. The molecule has 3 N–H and O–H groups in total. The summed E-state index contributed by atoms with van der Waals surface area (Å²) in [6, 6.07) is 6.46. The lowest BCUT2D eigenvalue weighted by molar-refractivity contribution is -0.385. The number of nitro groups is 1. The molecule has 0 unspecified atom stereocenters. The van der Waals surface area contributed by atoms with Crippen LogP contribution in [0.3, 0.4) is 0 Å². The highest BCUT2D eigenvalue weighted by atomic mass is 16.6. The van der Waals surface area contributed by atoms with E-state index >= 15 is 0 Å². The Balaban J connectivity index is 1.38. The van der Waals surface area contributed by atoms with Crippen molar-refractivity contribution in [3.05, 3.63) is 51.6 Å². The zero-order chi connectivity index (χ0) is 32.9. The third-order valence-corrected chi connectivity index (χ3v) is 15.1. The number of fused-ring (bicyclic) bond motifs is 7. The van der Waals surface area contributed by atoms with Crippen molar-refractivity contribution in [2.75, 3.05) is 0 Å². The largest absolute Gasteiger partial charge is 0.460 e. The Hall–Kier alpha value is -2.29. The molecule has 5 aliphatic carbocycles. The zero-order valence-corrected chi connectivity index (χ0v) is 28.1. The highest BCUT2D eigenvalue weighted by molar-refractivity contribution is 5.79. The van der Waals surface area contributed by atoms with Crippen LogP contribution in [0, 0.1) is 66.8 Å². The number of esters is 1. The number of hydrogen-bond donors (Lipinski definition) is 3. The van der Waals surface area contributed by atoms with E-state index in [-0.39, 0.29) is 52.8 Å². The second-order valence-corrected chi connectivity index (χ2v) is 16.8. The molecule has 0 bridgehead atoms.